The molecule has 0 aliphatic carbocycles. The lowest BCUT2D eigenvalue weighted by atomic mass is 10.0. The second-order valence-corrected chi connectivity index (χ2v) is 4.20. The summed E-state index contributed by atoms with van der Waals surface area (Å²) in [5.41, 5.74) is 7.43. The fourth-order valence-corrected chi connectivity index (χ4v) is 1.81. The molecule has 2 N–H and O–H groups in total. The van der Waals surface area contributed by atoms with Gasteiger partial charge in [-0.1, -0.05) is 30.3 Å². The Morgan fingerprint density at radius 1 is 1.25 bits per heavy atom. The molecule has 90 valence electrons. The zero-order chi connectivity index (χ0) is 11.8. The van der Waals surface area contributed by atoms with E-state index in [4.69, 9.17) is 10.5 Å². The van der Waals surface area contributed by atoms with Gasteiger partial charge >= 0.3 is 0 Å². The van der Waals surface area contributed by atoms with Gasteiger partial charge in [-0.05, 0) is 38.7 Å². The summed E-state index contributed by atoms with van der Waals surface area (Å²) in [5.74, 6) is 0. The Hall–Kier alpha value is -0.860. The van der Waals surface area contributed by atoms with E-state index in [0.29, 0.717) is 0 Å². The molecule has 0 radical (unpaired) electrons. The summed E-state index contributed by atoms with van der Waals surface area (Å²) in [6.45, 7) is 4.80. The Kier molecular flexibility index (Phi) is 6.12. The van der Waals surface area contributed by atoms with Crippen LogP contribution >= 0.6 is 0 Å². The van der Waals surface area contributed by atoms with Gasteiger partial charge in [0.1, 0.15) is 0 Å². The van der Waals surface area contributed by atoms with E-state index in [2.05, 4.69) is 31.2 Å². The molecule has 2 nitrogen and oxygen atoms in total. The van der Waals surface area contributed by atoms with Gasteiger partial charge < -0.3 is 10.5 Å². The third-order valence-electron chi connectivity index (χ3n) is 2.88. The summed E-state index contributed by atoms with van der Waals surface area (Å²) in [6.07, 6.45) is 3.42. The van der Waals surface area contributed by atoms with Crippen LogP contribution in [0.4, 0.5) is 0 Å². The zero-order valence-electron chi connectivity index (χ0n) is 10.4. The number of hydrogen-bond acceptors (Lipinski definition) is 2. The van der Waals surface area contributed by atoms with Crippen LogP contribution < -0.4 is 5.73 Å². The van der Waals surface area contributed by atoms with Crippen molar-refractivity contribution in [3.05, 3.63) is 35.9 Å². The second-order valence-electron chi connectivity index (χ2n) is 4.20. The molecule has 2 atom stereocenters. The maximum absolute atomic E-state index is 6.04. The molecule has 0 spiro atoms. The Morgan fingerprint density at radius 3 is 2.56 bits per heavy atom. The molecular weight excluding hydrogens is 198 g/mol. The Labute approximate surface area is 98.8 Å². The standard InChI is InChI=1S/C14H23NO/c1-3-16-12(2)14(15)11-7-10-13-8-5-4-6-9-13/h4-6,8-9,12,14H,3,7,10-11,15H2,1-2H3. The lowest BCUT2D eigenvalue weighted by molar-refractivity contribution is 0.0551. The first-order chi connectivity index (χ1) is 7.74. The van der Waals surface area contributed by atoms with Gasteiger partial charge in [0.05, 0.1) is 6.10 Å². The van der Waals surface area contributed by atoms with Gasteiger partial charge in [-0.3, -0.25) is 0 Å². The van der Waals surface area contributed by atoms with Crippen molar-refractivity contribution in [3.63, 3.8) is 0 Å². The van der Waals surface area contributed by atoms with Crippen molar-refractivity contribution >= 4 is 0 Å². The van der Waals surface area contributed by atoms with Gasteiger partial charge in [-0.15, -0.1) is 0 Å². The SMILES string of the molecule is CCOC(C)C(N)CCCc1ccccc1. The van der Waals surface area contributed by atoms with Crippen LogP contribution in [0.5, 0.6) is 0 Å². The number of rotatable bonds is 7. The molecule has 0 aliphatic rings. The minimum absolute atomic E-state index is 0.156. The van der Waals surface area contributed by atoms with Crippen LogP contribution in [0.3, 0.4) is 0 Å². The first-order valence-corrected chi connectivity index (χ1v) is 6.15. The molecule has 0 saturated carbocycles. The number of ether oxygens (including phenoxy) is 1. The highest BCUT2D eigenvalue weighted by Gasteiger charge is 2.11. The molecular formula is C14H23NO. The Bertz CT molecular complexity index is 273. The fourth-order valence-electron chi connectivity index (χ4n) is 1.81. The van der Waals surface area contributed by atoms with Crippen molar-refractivity contribution in [1.82, 2.24) is 0 Å². The number of nitrogens with two attached hydrogens (primary N) is 1. The first-order valence-electron chi connectivity index (χ1n) is 6.15. The molecule has 0 aliphatic heterocycles. The van der Waals surface area contributed by atoms with E-state index in [0.717, 1.165) is 25.9 Å². The molecule has 2 heteroatoms. The monoisotopic (exact) mass is 221 g/mol. The van der Waals surface area contributed by atoms with Crippen molar-refractivity contribution in [2.24, 2.45) is 5.73 Å². The van der Waals surface area contributed by atoms with Crippen LogP contribution in [0, 0.1) is 0 Å². The third kappa shape index (κ3) is 4.77. The predicted molar refractivity (Wildman–Crippen MR) is 68.4 cm³/mol. The molecule has 0 saturated heterocycles. The summed E-state index contributed by atoms with van der Waals surface area (Å²) >= 11 is 0. The smallest absolute Gasteiger partial charge is 0.0697 e. The second kappa shape index (κ2) is 7.42. The van der Waals surface area contributed by atoms with Crippen LogP contribution in [0.25, 0.3) is 0 Å². The quantitative estimate of drug-likeness (QED) is 0.768. The molecule has 0 amide bonds. The molecule has 0 heterocycles. The number of aryl methyl sites for hydroxylation is 1. The third-order valence-corrected chi connectivity index (χ3v) is 2.88. The van der Waals surface area contributed by atoms with Crippen LogP contribution in [0.1, 0.15) is 32.3 Å². The van der Waals surface area contributed by atoms with Gasteiger partial charge in [0, 0.05) is 12.6 Å². The van der Waals surface area contributed by atoms with E-state index < -0.39 is 0 Å². The lowest BCUT2D eigenvalue weighted by Gasteiger charge is -2.19. The van der Waals surface area contributed by atoms with Gasteiger partial charge in [-0.2, -0.15) is 0 Å². The van der Waals surface area contributed by atoms with Crippen molar-refractivity contribution in [1.29, 1.82) is 0 Å². The van der Waals surface area contributed by atoms with Crippen LogP contribution in [0.2, 0.25) is 0 Å². The molecule has 0 bridgehead atoms. The average molecular weight is 221 g/mol. The fraction of sp³-hybridized carbons (Fsp3) is 0.571. The van der Waals surface area contributed by atoms with Gasteiger partial charge in [0.25, 0.3) is 0 Å². The van der Waals surface area contributed by atoms with Crippen LogP contribution in [0.15, 0.2) is 30.3 Å². The van der Waals surface area contributed by atoms with Crippen molar-refractivity contribution in [2.75, 3.05) is 6.61 Å². The summed E-state index contributed by atoms with van der Waals surface area (Å²) in [4.78, 5) is 0. The van der Waals surface area contributed by atoms with E-state index in [9.17, 15) is 0 Å². The minimum Gasteiger partial charge on any atom is -0.377 e. The summed E-state index contributed by atoms with van der Waals surface area (Å²) in [6, 6.07) is 10.7. The van der Waals surface area contributed by atoms with E-state index in [1.165, 1.54) is 5.56 Å². The molecule has 1 aromatic carbocycles. The van der Waals surface area contributed by atoms with Crippen molar-refractivity contribution < 1.29 is 4.74 Å². The number of hydrogen-bond donors (Lipinski definition) is 1. The highest BCUT2D eigenvalue weighted by atomic mass is 16.5. The molecule has 0 fully saturated rings. The van der Waals surface area contributed by atoms with E-state index in [-0.39, 0.29) is 12.1 Å². The normalized spacial score (nSPS) is 14.7. The highest BCUT2D eigenvalue weighted by Crippen LogP contribution is 2.08. The highest BCUT2D eigenvalue weighted by molar-refractivity contribution is 5.14. The average Bonchev–Trinajstić information content (AvgIpc) is 2.30. The Balaban J connectivity index is 2.20. The zero-order valence-corrected chi connectivity index (χ0v) is 10.4. The number of benzene rings is 1. The van der Waals surface area contributed by atoms with E-state index >= 15 is 0 Å². The van der Waals surface area contributed by atoms with Crippen molar-refractivity contribution in [2.45, 2.75) is 45.3 Å². The van der Waals surface area contributed by atoms with E-state index in [1.54, 1.807) is 0 Å². The summed E-state index contributed by atoms with van der Waals surface area (Å²) in [7, 11) is 0. The van der Waals surface area contributed by atoms with E-state index in [1.807, 2.05) is 13.0 Å². The summed E-state index contributed by atoms with van der Waals surface area (Å²) < 4.78 is 5.48. The van der Waals surface area contributed by atoms with Crippen LogP contribution in [-0.4, -0.2) is 18.8 Å². The molecule has 2 unspecified atom stereocenters. The predicted octanol–water partition coefficient (Wildman–Crippen LogP) is 2.76. The maximum Gasteiger partial charge on any atom is 0.0697 e. The molecule has 0 aromatic heterocycles. The molecule has 1 aromatic rings. The minimum atomic E-state index is 0.156. The molecule has 16 heavy (non-hydrogen) atoms. The van der Waals surface area contributed by atoms with Gasteiger partial charge in [0.15, 0.2) is 0 Å². The lowest BCUT2D eigenvalue weighted by Crippen LogP contribution is -2.34. The van der Waals surface area contributed by atoms with Gasteiger partial charge in [-0.25, -0.2) is 0 Å². The van der Waals surface area contributed by atoms with Crippen LogP contribution in [-0.2, 0) is 11.2 Å². The molecule has 1 rings (SSSR count). The first kappa shape index (κ1) is 13.2. The largest absolute Gasteiger partial charge is 0.377 e. The van der Waals surface area contributed by atoms with Crippen molar-refractivity contribution in [3.8, 4) is 0 Å². The van der Waals surface area contributed by atoms with Gasteiger partial charge in [0.2, 0.25) is 0 Å². The maximum atomic E-state index is 6.04. The summed E-state index contributed by atoms with van der Waals surface area (Å²) in [5, 5.41) is 0. The topological polar surface area (TPSA) is 35.2 Å². The Morgan fingerprint density at radius 2 is 1.94 bits per heavy atom.